The van der Waals surface area contributed by atoms with Gasteiger partial charge in [-0.15, -0.1) is 0 Å². The molecule has 0 aliphatic carbocycles. The maximum absolute atomic E-state index is 5.54. The molecule has 0 N–H and O–H groups in total. The molecule has 0 aliphatic heterocycles. The predicted molar refractivity (Wildman–Crippen MR) is 62.7 cm³/mol. The summed E-state index contributed by atoms with van der Waals surface area (Å²) in [4.78, 5) is 2.22. The van der Waals surface area contributed by atoms with Crippen molar-refractivity contribution < 1.29 is 4.74 Å². The van der Waals surface area contributed by atoms with Gasteiger partial charge in [-0.3, -0.25) is 0 Å². The molecule has 0 fully saturated rings. The topological polar surface area (TPSA) is 12.5 Å². The largest absolute Gasteiger partial charge is 0.381 e. The van der Waals surface area contributed by atoms with Gasteiger partial charge in [0.15, 0.2) is 0 Å². The molecule has 2 heteroatoms. The van der Waals surface area contributed by atoms with Crippen LogP contribution in [0.25, 0.3) is 0 Å². The second-order valence-corrected chi connectivity index (χ2v) is 4.18. The van der Waals surface area contributed by atoms with Crippen LogP contribution in [0.1, 0.15) is 45.4 Å². The Balaban J connectivity index is 2.85. The maximum Gasteiger partial charge on any atom is 0.0466 e. The highest BCUT2D eigenvalue weighted by atomic mass is 16.5. The lowest BCUT2D eigenvalue weighted by Gasteiger charge is -2.08. The number of ether oxygens (including phenoxy) is 1. The Morgan fingerprint density at radius 1 is 0.857 bits per heavy atom. The molecule has 0 bridgehead atoms. The Bertz CT molecular complexity index is 104. The minimum Gasteiger partial charge on any atom is -0.381 e. The third kappa shape index (κ3) is 11.9. The average Bonchev–Trinajstić information content (AvgIpc) is 2.15. The zero-order chi connectivity index (χ0) is 10.6. The quantitative estimate of drug-likeness (QED) is 0.504. The second-order valence-electron chi connectivity index (χ2n) is 4.18. The molecule has 0 saturated heterocycles. The van der Waals surface area contributed by atoms with Crippen LogP contribution in [0.2, 0.25) is 0 Å². The summed E-state index contributed by atoms with van der Waals surface area (Å²) < 4.78 is 5.54. The van der Waals surface area contributed by atoms with Gasteiger partial charge < -0.3 is 9.64 Å². The van der Waals surface area contributed by atoms with Crippen LogP contribution < -0.4 is 0 Å². The van der Waals surface area contributed by atoms with Crippen molar-refractivity contribution in [2.24, 2.45) is 0 Å². The maximum atomic E-state index is 5.54. The molecule has 0 radical (unpaired) electrons. The normalized spacial score (nSPS) is 11.1. The van der Waals surface area contributed by atoms with Crippen molar-refractivity contribution in [2.75, 3.05) is 33.9 Å². The van der Waals surface area contributed by atoms with Crippen molar-refractivity contribution >= 4 is 0 Å². The summed E-state index contributed by atoms with van der Waals surface area (Å²) in [6.07, 6.45) is 7.68. The van der Waals surface area contributed by atoms with Crippen LogP contribution >= 0.6 is 0 Å². The molecule has 0 unspecified atom stereocenters. The fourth-order valence-corrected chi connectivity index (χ4v) is 1.37. The Hall–Kier alpha value is -0.0800. The monoisotopic (exact) mass is 201 g/mol. The van der Waals surface area contributed by atoms with Crippen LogP contribution in [0.15, 0.2) is 0 Å². The first-order chi connectivity index (χ1) is 6.77. The zero-order valence-corrected chi connectivity index (χ0v) is 10.2. The van der Waals surface area contributed by atoms with Crippen molar-refractivity contribution in [2.45, 2.75) is 45.4 Å². The fraction of sp³-hybridized carbons (Fsp3) is 1.00. The zero-order valence-electron chi connectivity index (χ0n) is 10.2. The van der Waals surface area contributed by atoms with Gasteiger partial charge in [-0.2, -0.15) is 0 Å². The lowest BCUT2D eigenvalue weighted by molar-refractivity contribution is 0.124. The fourth-order valence-electron chi connectivity index (χ4n) is 1.37. The molecule has 0 spiro atoms. The van der Waals surface area contributed by atoms with Gasteiger partial charge in [0.25, 0.3) is 0 Å². The Labute approximate surface area is 89.6 Å². The van der Waals surface area contributed by atoms with Crippen LogP contribution in [0.3, 0.4) is 0 Å². The van der Waals surface area contributed by atoms with Gasteiger partial charge >= 0.3 is 0 Å². The molecule has 14 heavy (non-hydrogen) atoms. The Morgan fingerprint density at radius 2 is 1.50 bits per heavy atom. The molecule has 0 aliphatic rings. The predicted octanol–water partition coefficient (Wildman–Crippen LogP) is 2.93. The molecule has 0 amide bonds. The minimum atomic E-state index is 0.944. The van der Waals surface area contributed by atoms with Gasteiger partial charge in [-0.1, -0.05) is 26.2 Å². The summed E-state index contributed by atoms with van der Waals surface area (Å²) in [5.74, 6) is 0. The molecule has 2 nitrogen and oxygen atoms in total. The molecule has 0 heterocycles. The number of unbranched alkanes of at least 4 members (excludes halogenated alkanes) is 4. The highest BCUT2D eigenvalue weighted by molar-refractivity contribution is 4.45. The second kappa shape index (κ2) is 11.0. The Kier molecular flexibility index (Phi) is 10.9. The van der Waals surface area contributed by atoms with Crippen LogP contribution in [0, 0.1) is 0 Å². The van der Waals surface area contributed by atoms with Crippen molar-refractivity contribution in [1.82, 2.24) is 4.90 Å². The van der Waals surface area contributed by atoms with Gasteiger partial charge in [0.2, 0.25) is 0 Å². The first-order valence-electron chi connectivity index (χ1n) is 6.00. The molecular weight excluding hydrogens is 174 g/mol. The van der Waals surface area contributed by atoms with Gasteiger partial charge in [-0.05, 0) is 39.9 Å². The smallest absolute Gasteiger partial charge is 0.0466 e. The Morgan fingerprint density at radius 3 is 2.07 bits per heavy atom. The van der Waals surface area contributed by atoms with Crippen molar-refractivity contribution in [3.63, 3.8) is 0 Å². The molecule has 0 rings (SSSR count). The third-order valence-corrected chi connectivity index (χ3v) is 2.29. The van der Waals surface area contributed by atoms with Gasteiger partial charge in [0.05, 0.1) is 0 Å². The summed E-state index contributed by atoms with van der Waals surface area (Å²) in [6.45, 7) is 5.32. The molecule has 86 valence electrons. The summed E-state index contributed by atoms with van der Waals surface area (Å²) >= 11 is 0. The summed E-state index contributed by atoms with van der Waals surface area (Å²) in [7, 11) is 4.23. The standard InChI is InChI=1S/C12H27NO/c1-4-5-6-8-11-14-12-9-7-10-13(2)3/h4-12H2,1-3H3. The number of hydrogen-bond acceptors (Lipinski definition) is 2. The van der Waals surface area contributed by atoms with Crippen LogP contribution in [0.4, 0.5) is 0 Å². The van der Waals surface area contributed by atoms with Crippen LogP contribution in [-0.2, 0) is 4.74 Å². The van der Waals surface area contributed by atoms with E-state index in [9.17, 15) is 0 Å². The molecule has 0 saturated carbocycles. The first-order valence-corrected chi connectivity index (χ1v) is 6.00. The van der Waals surface area contributed by atoms with E-state index in [4.69, 9.17) is 4.74 Å². The lowest BCUT2D eigenvalue weighted by Crippen LogP contribution is -2.13. The van der Waals surface area contributed by atoms with Gasteiger partial charge in [0, 0.05) is 13.2 Å². The number of nitrogens with zero attached hydrogens (tertiary/aromatic N) is 1. The molecular formula is C12H27NO. The molecule has 0 aromatic carbocycles. The molecule has 0 aromatic rings. The van der Waals surface area contributed by atoms with E-state index in [0.717, 1.165) is 13.2 Å². The van der Waals surface area contributed by atoms with E-state index >= 15 is 0 Å². The minimum absolute atomic E-state index is 0.944. The number of hydrogen-bond donors (Lipinski definition) is 0. The number of rotatable bonds is 10. The van der Waals surface area contributed by atoms with E-state index in [-0.39, 0.29) is 0 Å². The van der Waals surface area contributed by atoms with Gasteiger partial charge in [0.1, 0.15) is 0 Å². The SMILES string of the molecule is CCCCCCOCCCCN(C)C. The molecule has 0 atom stereocenters. The first kappa shape index (κ1) is 13.9. The lowest BCUT2D eigenvalue weighted by atomic mass is 10.2. The highest BCUT2D eigenvalue weighted by Gasteiger charge is 1.92. The average molecular weight is 201 g/mol. The van der Waals surface area contributed by atoms with E-state index in [1.165, 1.54) is 45.1 Å². The van der Waals surface area contributed by atoms with Gasteiger partial charge in [-0.25, -0.2) is 0 Å². The van der Waals surface area contributed by atoms with Crippen molar-refractivity contribution in [3.8, 4) is 0 Å². The van der Waals surface area contributed by atoms with Crippen molar-refractivity contribution in [3.05, 3.63) is 0 Å². The van der Waals surface area contributed by atoms with Crippen LogP contribution in [0.5, 0.6) is 0 Å². The highest BCUT2D eigenvalue weighted by Crippen LogP contribution is 1.99. The summed E-state index contributed by atoms with van der Waals surface area (Å²) in [6, 6.07) is 0. The van der Waals surface area contributed by atoms with Crippen LogP contribution in [-0.4, -0.2) is 38.8 Å². The third-order valence-electron chi connectivity index (χ3n) is 2.29. The van der Waals surface area contributed by atoms with E-state index in [0.29, 0.717) is 0 Å². The van der Waals surface area contributed by atoms with E-state index in [2.05, 4.69) is 25.9 Å². The van der Waals surface area contributed by atoms with E-state index in [1.54, 1.807) is 0 Å². The van der Waals surface area contributed by atoms with Crippen molar-refractivity contribution in [1.29, 1.82) is 0 Å². The molecule has 0 aromatic heterocycles. The summed E-state index contributed by atoms with van der Waals surface area (Å²) in [5, 5.41) is 0. The van der Waals surface area contributed by atoms with E-state index < -0.39 is 0 Å². The van der Waals surface area contributed by atoms with E-state index in [1.807, 2.05) is 0 Å². The summed E-state index contributed by atoms with van der Waals surface area (Å²) in [5.41, 5.74) is 0.